The van der Waals surface area contributed by atoms with E-state index in [1.54, 1.807) is 18.9 Å². The number of carbonyl (C=O) groups excluding carboxylic acids is 1. The Labute approximate surface area is 155 Å². The number of nitrogens with one attached hydrogen (secondary N) is 1. The molecule has 0 bridgehead atoms. The van der Waals surface area contributed by atoms with Crippen molar-refractivity contribution in [1.29, 1.82) is 0 Å². The molecule has 4 heteroatoms. The Bertz CT molecular complexity index is 735. The van der Waals surface area contributed by atoms with Gasteiger partial charge in [-0.1, -0.05) is 56.7 Å². The Morgan fingerprint density at radius 2 is 1.92 bits per heavy atom. The highest BCUT2D eigenvalue weighted by molar-refractivity contribution is 7.99. The van der Waals surface area contributed by atoms with Gasteiger partial charge in [-0.2, -0.15) is 0 Å². The number of rotatable bonds is 6. The molecule has 0 saturated carbocycles. The molecule has 0 aromatic heterocycles. The van der Waals surface area contributed by atoms with E-state index in [0.29, 0.717) is 11.5 Å². The summed E-state index contributed by atoms with van der Waals surface area (Å²) in [5.74, 6) is 1.91. The third-order valence-electron chi connectivity index (χ3n) is 3.92. The summed E-state index contributed by atoms with van der Waals surface area (Å²) in [5, 5.41) is 2.99. The highest BCUT2D eigenvalue weighted by Gasteiger charge is 2.17. The Hall–Kier alpha value is -1.94. The van der Waals surface area contributed by atoms with Crippen molar-refractivity contribution in [3.05, 3.63) is 59.2 Å². The number of thioether (sulfide) groups is 1. The minimum absolute atomic E-state index is 0.0120. The van der Waals surface area contributed by atoms with E-state index in [1.165, 1.54) is 11.1 Å². The normalized spacial score (nSPS) is 11.2. The maximum absolute atomic E-state index is 12.3. The van der Waals surface area contributed by atoms with Gasteiger partial charge in [0.1, 0.15) is 5.75 Å². The predicted octanol–water partition coefficient (Wildman–Crippen LogP) is 5.17. The lowest BCUT2D eigenvalue weighted by Gasteiger charge is -2.21. The number of hydrogen-bond acceptors (Lipinski definition) is 3. The van der Waals surface area contributed by atoms with Crippen molar-refractivity contribution < 1.29 is 9.53 Å². The number of ether oxygens (including phenoxy) is 1. The molecule has 0 unspecified atom stereocenters. The molecule has 2 aromatic rings. The minimum Gasteiger partial charge on any atom is -0.495 e. The standard InChI is InChI=1S/C21H27NO2S/c1-15-7-6-8-16(11-15)13-25-14-20(23)22-18-12-17(21(2,3)4)9-10-19(18)24-5/h6-12H,13-14H2,1-5H3,(H,22,23). The summed E-state index contributed by atoms with van der Waals surface area (Å²) >= 11 is 1.61. The summed E-state index contributed by atoms with van der Waals surface area (Å²) in [4.78, 5) is 12.3. The smallest absolute Gasteiger partial charge is 0.234 e. The van der Waals surface area contributed by atoms with Crippen LogP contribution in [-0.4, -0.2) is 18.8 Å². The molecule has 2 aromatic carbocycles. The Morgan fingerprint density at radius 1 is 1.16 bits per heavy atom. The lowest BCUT2D eigenvalue weighted by molar-refractivity contribution is -0.113. The molecule has 0 atom stereocenters. The lowest BCUT2D eigenvalue weighted by Crippen LogP contribution is -2.17. The van der Waals surface area contributed by atoms with Crippen LogP contribution in [0.4, 0.5) is 5.69 Å². The van der Waals surface area contributed by atoms with Gasteiger partial charge in [-0.3, -0.25) is 4.79 Å². The fourth-order valence-electron chi connectivity index (χ4n) is 2.52. The number of benzene rings is 2. The lowest BCUT2D eigenvalue weighted by atomic mass is 9.87. The molecule has 0 aliphatic heterocycles. The van der Waals surface area contributed by atoms with Gasteiger partial charge in [-0.15, -0.1) is 11.8 Å². The first-order chi connectivity index (χ1) is 11.8. The molecule has 0 saturated heterocycles. The van der Waals surface area contributed by atoms with E-state index < -0.39 is 0 Å². The number of carbonyl (C=O) groups is 1. The van der Waals surface area contributed by atoms with Crippen LogP contribution in [0.2, 0.25) is 0 Å². The molecule has 25 heavy (non-hydrogen) atoms. The SMILES string of the molecule is COc1ccc(C(C)(C)C)cc1NC(=O)CSCc1cccc(C)c1. The summed E-state index contributed by atoms with van der Waals surface area (Å²) in [6, 6.07) is 14.3. The van der Waals surface area contributed by atoms with Crippen LogP contribution in [-0.2, 0) is 16.0 Å². The van der Waals surface area contributed by atoms with Gasteiger partial charge in [0.15, 0.2) is 0 Å². The van der Waals surface area contributed by atoms with Crippen molar-refractivity contribution in [2.45, 2.75) is 38.9 Å². The van der Waals surface area contributed by atoms with Crippen LogP contribution < -0.4 is 10.1 Å². The topological polar surface area (TPSA) is 38.3 Å². The molecule has 0 aliphatic carbocycles. The molecule has 0 radical (unpaired) electrons. The first-order valence-corrected chi connectivity index (χ1v) is 9.57. The first-order valence-electron chi connectivity index (χ1n) is 8.41. The zero-order chi connectivity index (χ0) is 18.4. The van der Waals surface area contributed by atoms with Gasteiger partial charge >= 0.3 is 0 Å². The molecular formula is C21H27NO2S. The van der Waals surface area contributed by atoms with E-state index >= 15 is 0 Å². The summed E-state index contributed by atoms with van der Waals surface area (Å²) < 4.78 is 5.38. The highest BCUT2D eigenvalue weighted by atomic mass is 32.2. The van der Waals surface area contributed by atoms with Crippen LogP contribution in [0.25, 0.3) is 0 Å². The molecule has 1 N–H and O–H groups in total. The molecule has 0 fully saturated rings. The second-order valence-electron chi connectivity index (χ2n) is 7.20. The minimum atomic E-state index is -0.0120. The van der Waals surface area contributed by atoms with E-state index in [4.69, 9.17) is 4.74 Å². The van der Waals surface area contributed by atoms with Crippen LogP contribution in [0, 0.1) is 6.92 Å². The molecule has 0 aliphatic rings. The maximum atomic E-state index is 12.3. The van der Waals surface area contributed by atoms with E-state index in [-0.39, 0.29) is 11.3 Å². The second-order valence-corrected chi connectivity index (χ2v) is 8.18. The first kappa shape index (κ1) is 19.4. The van der Waals surface area contributed by atoms with Gasteiger partial charge in [-0.25, -0.2) is 0 Å². The summed E-state index contributed by atoms with van der Waals surface area (Å²) in [6.45, 7) is 8.53. The fourth-order valence-corrected chi connectivity index (χ4v) is 3.30. The Morgan fingerprint density at radius 3 is 2.56 bits per heavy atom. The largest absolute Gasteiger partial charge is 0.495 e. The zero-order valence-electron chi connectivity index (χ0n) is 15.7. The molecule has 2 rings (SSSR count). The number of anilines is 1. The van der Waals surface area contributed by atoms with Gasteiger partial charge < -0.3 is 10.1 Å². The number of methoxy groups -OCH3 is 1. The van der Waals surface area contributed by atoms with Crippen LogP contribution in [0.15, 0.2) is 42.5 Å². The van der Waals surface area contributed by atoms with E-state index in [2.05, 4.69) is 51.2 Å². The van der Waals surface area contributed by atoms with Crippen molar-refractivity contribution in [2.75, 3.05) is 18.2 Å². The molecule has 0 heterocycles. The van der Waals surface area contributed by atoms with Gasteiger partial charge in [0.05, 0.1) is 18.6 Å². The predicted molar refractivity (Wildman–Crippen MR) is 108 cm³/mol. The van der Waals surface area contributed by atoms with Crippen LogP contribution in [0.1, 0.15) is 37.5 Å². The number of amides is 1. The summed E-state index contributed by atoms with van der Waals surface area (Å²) in [6.07, 6.45) is 0. The fraction of sp³-hybridized carbons (Fsp3) is 0.381. The third-order valence-corrected chi connectivity index (χ3v) is 4.93. The van der Waals surface area contributed by atoms with Gasteiger partial charge in [0.2, 0.25) is 5.91 Å². The third kappa shape index (κ3) is 5.82. The van der Waals surface area contributed by atoms with E-state index in [1.807, 2.05) is 24.3 Å². The second kappa shape index (κ2) is 8.43. The van der Waals surface area contributed by atoms with Crippen LogP contribution in [0.5, 0.6) is 5.75 Å². The quantitative estimate of drug-likeness (QED) is 0.775. The molecule has 3 nitrogen and oxygen atoms in total. The molecule has 134 valence electrons. The maximum Gasteiger partial charge on any atom is 0.234 e. The number of aryl methyl sites for hydroxylation is 1. The zero-order valence-corrected chi connectivity index (χ0v) is 16.5. The molecule has 0 spiro atoms. The Balaban J connectivity index is 1.97. The highest BCUT2D eigenvalue weighted by Crippen LogP contribution is 2.31. The van der Waals surface area contributed by atoms with Crippen molar-refractivity contribution >= 4 is 23.4 Å². The van der Waals surface area contributed by atoms with Gasteiger partial charge in [0, 0.05) is 5.75 Å². The van der Waals surface area contributed by atoms with Crippen molar-refractivity contribution in [2.24, 2.45) is 0 Å². The average Bonchev–Trinajstić information content (AvgIpc) is 2.54. The number of hydrogen-bond donors (Lipinski definition) is 1. The van der Waals surface area contributed by atoms with E-state index in [9.17, 15) is 4.79 Å². The molecule has 1 amide bonds. The molecular weight excluding hydrogens is 330 g/mol. The van der Waals surface area contributed by atoms with Gasteiger partial charge in [-0.05, 0) is 35.6 Å². The Kier molecular flexibility index (Phi) is 6.54. The van der Waals surface area contributed by atoms with Crippen molar-refractivity contribution in [3.8, 4) is 5.75 Å². The van der Waals surface area contributed by atoms with Crippen LogP contribution >= 0.6 is 11.8 Å². The summed E-state index contributed by atoms with van der Waals surface area (Å²) in [7, 11) is 1.62. The average molecular weight is 358 g/mol. The summed E-state index contributed by atoms with van der Waals surface area (Å²) in [5.41, 5.74) is 4.40. The van der Waals surface area contributed by atoms with Gasteiger partial charge in [0.25, 0.3) is 0 Å². The monoisotopic (exact) mass is 357 g/mol. The van der Waals surface area contributed by atoms with Crippen molar-refractivity contribution in [1.82, 2.24) is 0 Å². The van der Waals surface area contributed by atoms with Crippen LogP contribution in [0.3, 0.4) is 0 Å². The van der Waals surface area contributed by atoms with Crippen molar-refractivity contribution in [3.63, 3.8) is 0 Å². The van der Waals surface area contributed by atoms with E-state index in [0.717, 1.165) is 17.0 Å².